The minimum atomic E-state index is -0.951. The zero-order valence-electron chi connectivity index (χ0n) is 9.40. The number of hydrogen-bond donors (Lipinski definition) is 2. The average molecular weight is 219 g/mol. The van der Waals surface area contributed by atoms with E-state index in [1.54, 1.807) is 19.9 Å². The molecule has 0 saturated heterocycles. The summed E-state index contributed by atoms with van der Waals surface area (Å²) >= 11 is 0. The molecule has 1 atom stereocenters. The van der Waals surface area contributed by atoms with Crippen molar-refractivity contribution >= 4 is 11.9 Å². The van der Waals surface area contributed by atoms with E-state index in [2.05, 4.69) is 27.1 Å². The van der Waals surface area contributed by atoms with Gasteiger partial charge < -0.3 is 10.4 Å². The van der Waals surface area contributed by atoms with Crippen molar-refractivity contribution in [1.29, 1.82) is 0 Å². The van der Waals surface area contributed by atoms with E-state index in [1.807, 2.05) is 0 Å². The Hall–Kier alpha value is -2.09. The van der Waals surface area contributed by atoms with Gasteiger partial charge in [0, 0.05) is 5.69 Å². The lowest BCUT2D eigenvalue weighted by Crippen LogP contribution is -2.26. The van der Waals surface area contributed by atoms with Crippen LogP contribution in [0.5, 0.6) is 0 Å². The number of nitrogens with one attached hydrogen (secondary N) is 1. The summed E-state index contributed by atoms with van der Waals surface area (Å²) in [7, 11) is 0. The van der Waals surface area contributed by atoms with Crippen molar-refractivity contribution in [3.05, 3.63) is 17.5 Å². The minimum Gasteiger partial charge on any atom is -0.480 e. The monoisotopic (exact) mass is 219 g/mol. The Kier molecular flexibility index (Phi) is 3.84. The first-order chi connectivity index (χ1) is 7.52. The SMILES string of the molecule is CC#Cc1cc(C)nc(N[C@@H](C)C(=O)O)n1. The molecule has 0 saturated carbocycles. The number of aryl methyl sites for hydroxylation is 1. The molecule has 0 aliphatic heterocycles. The molecule has 0 aliphatic rings. The molecule has 5 heteroatoms. The van der Waals surface area contributed by atoms with Crippen LogP contribution in [0.4, 0.5) is 5.95 Å². The Morgan fingerprint density at radius 2 is 2.25 bits per heavy atom. The lowest BCUT2D eigenvalue weighted by molar-refractivity contribution is -0.137. The maximum absolute atomic E-state index is 10.7. The number of carboxylic acid groups (broad SMARTS) is 1. The molecule has 0 bridgehead atoms. The van der Waals surface area contributed by atoms with Gasteiger partial charge in [-0.3, -0.25) is 4.79 Å². The second kappa shape index (κ2) is 5.12. The Morgan fingerprint density at radius 1 is 1.56 bits per heavy atom. The quantitative estimate of drug-likeness (QED) is 0.743. The Labute approximate surface area is 93.9 Å². The molecule has 1 heterocycles. The summed E-state index contributed by atoms with van der Waals surface area (Å²) in [6, 6.07) is 1.01. The molecular weight excluding hydrogens is 206 g/mol. The van der Waals surface area contributed by atoms with Crippen LogP contribution in [0, 0.1) is 18.8 Å². The van der Waals surface area contributed by atoms with Gasteiger partial charge in [0.05, 0.1) is 0 Å². The standard InChI is InChI=1S/C11H13N3O2/c1-4-5-9-6-7(2)12-11(14-9)13-8(3)10(15)16/h6,8H,1-3H3,(H,15,16)(H,12,13,14)/t8-/m0/s1. The molecule has 0 unspecified atom stereocenters. The average Bonchev–Trinajstić information content (AvgIpc) is 2.16. The summed E-state index contributed by atoms with van der Waals surface area (Å²) in [5.41, 5.74) is 1.32. The zero-order chi connectivity index (χ0) is 12.1. The normalized spacial score (nSPS) is 11.2. The van der Waals surface area contributed by atoms with E-state index in [-0.39, 0.29) is 5.95 Å². The van der Waals surface area contributed by atoms with Crippen molar-refractivity contribution in [1.82, 2.24) is 9.97 Å². The fraction of sp³-hybridized carbons (Fsp3) is 0.364. The smallest absolute Gasteiger partial charge is 0.325 e. The van der Waals surface area contributed by atoms with Crippen molar-refractivity contribution in [3.8, 4) is 11.8 Å². The zero-order valence-corrected chi connectivity index (χ0v) is 9.40. The number of nitrogens with zero attached hydrogens (tertiary/aromatic N) is 2. The number of anilines is 1. The predicted octanol–water partition coefficient (Wildman–Crippen LogP) is 1.04. The minimum absolute atomic E-state index is 0.285. The van der Waals surface area contributed by atoms with E-state index in [0.29, 0.717) is 5.69 Å². The van der Waals surface area contributed by atoms with Crippen molar-refractivity contribution in [2.45, 2.75) is 26.8 Å². The molecule has 16 heavy (non-hydrogen) atoms. The summed E-state index contributed by atoms with van der Waals surface area (Å²) in [5.74, 6) is 4.87. The number of aliphatic carboxylic acids is 1. The molecule has 0 fully saturated rings. The van der Waals surface area contributed by atoms with Gasteiger partial charge in [-0.25, -0.2) is 9.97 Å². The third-order valence-corrected chi connectivity index (χ3v) is 1.82. The maximum atomic E-state index is 10.7. The second-order valence-corrected chi connectivity index (χ2v) is 3.30. The van der Waals surface area contributed by atoms with Crippen LogP contribution in [0.2, 0.25) is 0 Å². The van der Waals surface area contributed by atoms with Gasteiger partial charge in [0.25, 0.3) is 0 Å². The number of aromatic nitrogens is 2. The molecular formula is C11H13N3O2. The van der Waals surface area contributed by atoms with Crippen molar-refractivity contribution in [3.63, 3.8) is 0 Å². The van der Waals surface area contributed by atoms with Crippen LogP contribution >= 0.6 is 0 Å². The van der Waals surface area contributed by atoms with Crippen LogP contribution in [-0.2, 0) is 4.79 Å². The van der Waals surface area contributed by atoms with E-state index in [9.17, 15) is 4.79 Å². The van der Waals surface area contributed by atoms with E-state index in [1.165, 1.54) is 6.92 Å². The third kappa shape index (κ3) is 3.24. The summed E-state index contributed by atoms with van der Waals surface area (Å²) in [6.07, 6.45) is 0. The fourth-order valence-electron chi connectivity index (χ4n) is 1.08. The van der Waals surface area contributed by atoms with Gasteiger partial charge in [0.2, 0.25) is 5.95 Å². The number of carbonyl (C=O) groups is 1. The second-order valence-electron chi connectivity index (χ2n) is 3.30. The van der Waals surface area contributed by atoms with Gasteiger partial charge in [0.15, 0.2) is 0 Å². The van der Waals surface area contributed by atoms with E-state index in [4.69, 9.17) is 5.11 Å². The van der Waals surface area contributed by atoms with Gasteiger partial charge >= 0.3 is 5.97 Å². The number of carboxylic acids is 1. The van der Waals surface area contributed by atoms with E-state index < -0.39 is 12.0 Å². The van der Waals surface area contributed by atoms with Crippen LogP contribution in [0.15, 0.2) is 6.07 Å². The molecule has 0 radical (unpaired) electrons. The molecule has 2 N–H and O–H groups in total. The highest BCUT2D eigenvalue weighted by molar-refractivity contribution is 5.75. The lowest BCUT2D eigenvalue weighted by atomic mass is 10.3. The van der Waals surface area contributed by atoms with Gasteiger partial charge in [-0.2, -0.15) is 0 Å². The van der Waals surface area contributed by atoms with Gasteiger partial charge in [-0.1, -0.05) is 5.92 Å². The Balaban J connectivity index is 2.95. The first kappa shape index (κ1) is 12.0. The summed E-state index contributed by atoms with van der Waals surface area (Å²) in [6.45, 7) is 5.04. The lowest BCUT2D eigenvalue weighted by Gasteiger charge is -2.09. The van der Waals surface area contributed by atoms with Crippen LogP contribution in [-0.4, -0.2) is 27.1 Å². The third-order valence-electron chi connectivity index (χ3n) is 1.82. The molecule has 0 aliphatic carbocycles. The highest BCUT2D eigenvalue weighted by Gasteiger charge is 2.12. The van der Waals surface area contributed by atoms with Gasteiger partial charge in [-0.05, 0) is 32.8 Å². The van der Waals surface area contributed by atoms with Crippen molar-refractivity contribution in [2.75, 3.05) is 5.32 Å². The molecule has 1 rings (SSSR count). The molecule has 1 aromatic heterocycles. The summed E-state index contributed by atoms with van der Waals surface area (Å²) in [4.78, 5) is 18.8. The van der Waals surface area contributed by atoms with Crippen LogP contribution in [0.3, 0.4) is 0 Å². The highest BCUT2D eigenvalue weighted by atomic mass is 16.4. The largest absolute Gasteiger partial charge is 0.480 e. The highest BCUT2D eigenvalue weighted by Crippen LogP contribution is 2.05. The molecule has 0 amide bonds. The van der Waals surface area contributed by atoms with Gasteiger partial charge in [0.1, 0.15) is 11.7 Å². The fourth-order valence-corrected chi connectivity index (χ4v) is 1.08. The number of hydrogen-bond acceptors (Lipinski definition) is 4. The number of rotatable bonds is 3. The Bertz CT molecular complexity index is 460. The van der Waals surface area contributed by atoms with E-state index in [0.717, 1.165) is 5.69 Å². The van der Waals surface area contributed by atoms with Crippen LogP contribution in [0.25, 0.3) is 0 Å². The van der Waals surface area contributed by atoms with Crippen molar-refractivity contribution in [2.24, 2.45) is 0 Å². The first-order valence-corrected chi connectivity index (χ1v) is 4.80. The maximum Gasteiger partial charge on any atom is 0.325 e. The molecule has 84 valence electrons. The molecule has 5 nitrogen and oxygen atoms in total. The van der Waals surface area contributed by atoms with Crippen LogP contribution < -0.4 is 5.32 Å². The first-order valence-electron chi connectivity index (χ1n) is 4.80. The van der Waals surface area contributed by atoms with Crippen LogP contribution in [0.1, 0.15) is 25.2 Å². The van der Waals surface area contributed by atoms with Gasteiger partial charge in [-0.15, -0.1) is 0 Å². The molecule has 0 aromatic carbocycles. The topological polar surface area (TPSA) is 75.1 Å². The van der Waals surface area contributed by atoms with E-state index >= 15 is 0 Å². The molecule has 0 spiro atoms. The predicted molar refractivity (Wildman–Crippen MR) is 60.0 cm³/mol. The summed E-state index contributed by atoms with van der Waals surface area (Å²) < 4.78 is 0. The summed E-state index contributed by atoms with van der Waals surface area (Å²) in [5, 5.41) is 11.4. The van der Waals surface area contributed by atoms with Crippen molar-refractivity contribution < 1.29 is 9.90 Å². The Morgan fingerprint density at radius 3 is 2.81 bits per heavy atom. The molecule has 1 aromatic rings.